The first kappa shape index (κ1) is 15.2. The number of carbonyl (C=O) groups excluding carboxylic acids is 1. The summed E-state index contributed by atoms with van der Waals surface area (Å²) < 4.78 is 7.26. The van der Waals surface area contributed by atoms with Gasteiger partial charge in [0, 0.05) is 37.9 Å². The highest BCUT2D eigenvalue weighted by molar-refractivity contribution is 5.74. The van der Waals surface area contributed by atoms with Crippen LogP contribution in [0.15, 0.2) is 23.2 Å². The van der Waals surface area contributed by atoms with Gasteiger partial charge in [-0.3, -0.25) is 0 Å². The Bertz CT molecular complexity index is 679. The SMILES string of the molecule is O=C(NCc1nc(C2CC2)no1)N1CCCC(Cn2ccnc2)C1. The molecule has 8 nitrogen and oxygen atoms in total. The van der Waals surface area contributed by atoms with E-state index in [9.17, 15) is 4.79 Å². The first-order valence-electron chi connectivity index (χ1n) is 8.59. The molecule has 8 heteroatoms. The fraction of sp³-hybridized carbons (Fsp3) is 0.625. The van der Waals surface area contributed by atoms with Gasteiger partial charge in [0.1, 0.15) is 0 Å². The van der Waals surface area contributed by atoms with Gasteiger partial charge in [-0.05, 0) is 31.6 Å². The highest BCUT2D eigenvalue weighted by Gasteiger charge is 2.29. The van der Waals surface area contributed by atoms with Crippen LogP contribution < -0.4 is 5.32 Å². The number of carbonyl (C=O) groups is 1. The van der Waals surface area contributed by atoms with E-state index in [0.717, 1.165) is 51.1 Å². The van der Waals surface area contributed by atoms with Crippen molar-refractivity contribution < 1.29 is 9.32 Å². The van der Waals surface area contributed by atoms with Crippen LogP contribution in [-0.2, 0) is 13.1 Å². The van der Waals surface area contributed by atoms with Gasteiger partial charge < -0.3 is 19.3 Å². The molecule has 1 saturated heterocycles. The van der Waals surface area contributed by atoms with Gasteiger partial charge in [-0.2, -0.15) is 4.98 Å². The topological polar surface area (TPSA) is 89.1 Å². The van der Waals surface area contributed by atoms with Crippen LogP contribution in [0.25, 0.3) is 0 Å². The summed E-state index contributed by atoms with van der Waals surface area (Å²) >= 11 is 0. The summed E-state index contributed by atoms with van der Waals surface area (Å²) in [6.45, 7) is 2.75. The zero-order chi connectivity index (χ0) is 16.4. The fourth-order valence-electron chi connectivity index (χ4n) is 3.20. The zero-order valence-corrected chi connectivity index (χ0v) is 13.6. The third-order valence-corrected chi connectivity index (χ3v) is 4.65. The van der Waals surface area contributed by atoms with Crippen LogP contribution >= 0.6 is 0 Å². The Morgan fingerprint density at radius 3 is 3.08 bits per heavy atom. The lowest BCUT2D eigenvalue weighted by Gasteiger charge is -2.32. The number of nitrogens with one attached hydrogen (secondary N) is 1. The quantitative estimate of drug-likeness (QED) is 0.902. The standard InChI is InChI=1S/C16H22N6O2/c23-16(18-8-14-19-15(20-24-14)13-3-4-13)22-6-1-2-12(10-22)9-21-7-5-17-11-21/h5,7,11-13H,1-4,6,8-10H2,(H,18,23). The van der Waals surface area contributed by atoms with Crippen molar-refractivity contribution in [1.29, 1.82) is 0 Å². The highest BCUT2D eigenvalue weighted by atomic mass is 16.5. The van der Waals surface area contributed by atoms with Gasteiger partial charge in [0.05, 0.1) is 12.9 Å². The number of piperidine rings is 1. The van der Waals surface area contributed by atoms with Gasteiger partial charge in [-0.1, -0.05) is 5.16 Å². The Balaban J connectivity index is 1.27. The smallest absolute Gasteiger partial charge is 0.317 e. The second kappa shape index (κ2) is 6.62. The molecule has 4 rings (SSSR count). The summed E-state index contributed by atoms with van der Waals surface area (Å²) in [5.41, 5.74) is 0. The fourth-order valence-corrected chi connectivity index (χ4v) is 3.20. The summed E-state index contributed by atoms with van der Waals surface area (Å²) in [6, 6.07) is -0.0588. The average Bonchev–Trinajstić information content (AvgIpc) is 3.12. The third-order valence-electron chi connectivity index (χ3n) is 4.65. The number of hydrogen-bond acceptors (Lipinski definition) is 5. The highest BCUT2D eigenvalue weighted by Crippen LogP contribution is 2.38. The lowest BCUT2D eigenvalue weighted by Crippen LogP contribution is -2.46. The molecule has 3 heterocycles. The maximum atomic E-state index is 12.4. The first-order chi connectivity index (χ1) is 11.8. The van der Waals surface area contributed by atoms with E-state index in [1.165, 1.54) is 0 Å². The van der Waals surface area contributed by atoms with Crippen LogP contribution in [0.1, 0.15) is 43.3 Å². The second-order valence-corrected chi connectivity index (χ2v) is 6.69. The molecule has 2 aromatic heterocycles. The molecule has 1 N–H and O–H groups in total. The minimum Gasteiger partial charge on any atom is -0.337 e. The van der Waals surface area contributed by atoms with E-state index in [4.69, 9.17) is 4.52 Å². The molecule has 2 amide bonds. The van der Waals surface area contributed by atoms with Crippen molar-refractivity contribution >= 4 is 6.03 Å². The van der Waals surface area contributed by atoms with Gasteiger partial charge >= 0.3 is 6.03 Å². The van der Waals surface area contributed by atoms with Crippen LogP contribution in [0, 0.1) is 5.92 Å². The molecule has 1 atom stereocenters. The van der Waals surface area contributed by atoms with Crippen LogP contribution in [0.4, 0.5) is 4.79 Å². The van der Waals surface area contributed by atoms with Gasteiger partial charge in [0.2, 0.25) is 5.89 Å². The molecule has 0 bridgehead atoms. The summed E-state index contributed by atoms with van der Waals surface area (Å²) in [5, 5.41) is 6.86. The number of amides is 2. The molecule has 2 aromatic rings. The number of likely N-dealkylation sites (tertiary alicyclic amines) is 1. The van der Waals surface area contributed by atoms with E-state index >= 15 is 0 Å². The van der Waals surface area contributed by atoms with Gasteiger partial charge in [-0.15, -0.1) is 0 Å². The second-order valence-electron chi connectivity index (χ2n) is 6.69. The first-order valence-corrected chi connectivity index (χ1v) is 8.59. The molecular formula is C16H22N6O2. The maximum Gasteiger partial charge on any atom is 0.317 e. The summed E-state index contributed by atoms with van der Waals surface area (Å²) in [4.78, 5) is 22.7. The summed E-state index contributed by atoms with van der Waals surface area (Å²) in [5.74, 6) is 2.18. The van der Waals surface area contributed by atoms with Crippen molar-refractivity contribution in [1.82, 2.24) is 29.9 Å². The molecule has 0 radical (unpaired) electrons. The Morgan fingerprint density at radius 1 is 1.38 bits per heavy atom. The van der Waals surface area contributed by atoms with E-state index in [1.807, 2.05) is 17.4 Å². The minimum atomic E-state index is -0.0588. The van der Waals surface area contributed by atoms with Crippen molar-refractivity contribution in [3.63, 3.8) is 0 Å². The monoisotopic (exact) mass is 330 g/mol. The molecule has 1 aliphatic heterocycles. The molecule has 128 valence electrons. The zero-order valence-electron chi connectivity index (χ0n) is 13.6. The number of imidazole rings is 1. The predicted octanol–water partition coefficient (Wildman–Crippen LogP) is 1.77. The van der Waals surface area contributed by atoms with E-state index in [2.05, 4.69) is 25.0 Å². The summed E-state index contributed by atoms with van der Waals surface area (Å²) in [7, 11) is 0. The maximum absolute atomic E-state index is 12.4. The average molecular weight is 330 g/mol. The molecule has 0 aromatic carbocycles. The minimum absolute atomic E-state index is 0.0588. The normalized spacial score (nSPS) is 21.0. The number of rotatable bonds is 5. The molecule has 1 saturated carbocycles. The molecule has 1 unspecified atom stereocenters. The molecule has 24 heavy (non-hydrogen) atoms. The number of hydrogen-bond donors (Lipinski definition) is 1. The van der Waals surface area contributed by atoms with Crippen LogP contribution in [0.5, 0.6) is 0 Å². The molecule has 2 aliphatic rings. The van der Waals surface area contributed by atoms with Gasteiger partial charge in [0.15, 0.2) is 5.82 Å². The molecule has 1 aliphatic carbocycles. The largest absolute Gasteiger partial charge is 0.337 e. The van der Waals surface area contributed by atoms with E-state index in [0.29, 0.717) is 24.3 Å². The van der Waals surface area contributed by atoms with Crippen molar-refractivity contribution in [2.45, 2.75) is 44.7 Å². The number of aromatic nitrogens is 4. The van der Waals surface area contributed by atoms with Crippen molar-refractivity contribution in [2.24, 2.45) is 5.92 Å². The summed E-state index contributed by atoms with van der Waals surface area (Å²) in [6.07, 6.45) is 10.0. The van der Waals surface area contributed by atoms with Gasteiger partial charge in [-0.25, -0.2) is 9.78 Å². The molecule has 0 spiro atoms. The Morgan fingerprint density at radius 2 is 2.29 bits per heavy atom. The Kier molecular flexibility index (Phi) is 4.18. The van der Waals surface area contributed by atoms with Crippen molar-refractivity contribution in [2.75, 3.05) is 13.1 Å². The van der Waals surface area contributed by atoms with Crippen LogP contribution in [0.2, 0.25) is 0 Å². The lowest BCUT2D eigenvalue weighted by molar-refractivity contribution is 0.158. The third kappa shape index (κ3) is 3.58. The van der Waals surface area contributed by atoms with E-state index in [1.54, 1.807) is 6.20 Å². The van der Waals surface area contributed by atoms with Crippen molar-refractivity contribution in [3.05, 3.63) is 30.4 Å². The number of urea groups is 1. The predicted molar refractivity (Wildman–Crippen MR) is 85.0 cm³/mol. The lowest BCUT2D eigenvalue weighted by atomic mass is 9.98. The van der Waals surface area contributed by atoms with Crippen LogP contribution in [-0.4, -0.2) is 43.7 Å². The Hall–Kier alpha value is -2.38. The molecular weight excluding hydrogens is 308 g/mol. The Labute approximate surface area is 140 Å². The van der Waals surface area contributed by atoms with E-state index < -0.39 is 0 Å². The van der Waals surface area contributed by atoms with E-state index in [-0.39, 0.29) is 6.03 Å². The van der Waals surface area contributed by atoms with Crippen molar-refractivity contribution in [3.8, 4) is 0 Å². The molecule has 2 fully saturated rings. The van der Waals surface area contributed by atoms with Crippen LogP contribution in [0.3, 0.4) is 0 Å². The van der Waals surface area contributed by atoms with Gasteiger partial charge in [0.25, 0.3) is 0 Å². The number of nitrogens with zero attached hydrogens (tertiary/aromatic N) is 5.